The van der Waals surface area contributed by atoms with E-state index in [0.717, 1.165) is 0 Å². The molecule has 1 aromatic rings. The monoisotopic (exact) mass is 510 g/mol. The van der Waals surface area contributed by atoms with Gasteiger partial charge in [-0.3, -0.25) is 14.9 Å². The summed E-state index contributed by atoms with van der Waals surface area (Å²) in [5.41, 5.74) is 0.353. The van der Waals surface area contributed by atoms with Crippen LogP contribution in [0.1, 0.15) is 19.0 Å². The van der Waals surface area contributed by atoms with E-state index in [4.69, 9.17) is 4.74 Å². The molecule has 0 amide bonds. The molecule has 0 saturated heterocycles. The van der Waals surface area contributed by atoms with Gasteiger partial charge in [-0.15, -0.1) is 0 Å². The number of aromatic nitrogens is 2. The van der Waals surface area contributed by atoms with Crippen LogP contribution in [0.4, 0.5) is 0 Å². The molecule has 0 N–H and O–H groups in total. The van der Waals surface area contributed by atoms with E-state index in [2.05, 4.69) is 28.7 Å². The number of hydrogen-bond acceptors (Lipinski definition) is 12. The number of esters is 1. The number of ether oxygens (including phenoxy) is 1. The van der Waals surface area contributed by atoms with Gasteiger partial charge in [-0.25, -0.2) is 4.98 Å². The van der Waals surface area contributed by atoms with Crippen molar-refractivity contribution in [1.82, 2.24) is 9.97 Å². The maximum absolute atomic E-state index is 11.6. The molecule has 1 rings (SSSR count). The van der Waals surface area contributed by atoms with Crippen molar-refractivity contribution in [2.45, 2.75) is 29.8 Å². The van der Waals surface area contributed by atoms with Gasteiger partial charge in [0.1, 0.15) is 5.69 Å². The molecule has 0 aliphatic heterocycles. The average Bonchev–Trinajstić information content (AvgIpc) is 2.51. The van der Waals surface area contributed by atoms with E-state index in [1.54, 1.807) is 6.92 Å². The van der Waals surface area contributed by atoms with Crippen molar-refractivity contribution < 1.29 is 97.9 Å². The predicted octanol–water partition coefficient (Wildman–Crippen LogP) is -5.76. The molecule has 0 saturated carbocycles. The van der Waals surface area contributed by atoms with Crippen molar-refractivity contribution in [3.05, 3.63) is 5.69 Å². The van der Waals surface area contributed by atoms with Crippen LogP contribution in [-0.2, 0) is 30.0 Å². The molecule has 124 valence electrons. The molecule has 10 nitrogen and oxygen atoms in total. The zero-order valence-corrected chi connectivity index (χ0v) is 20.8. The molecule has 1 heterocycles. The third-order valence-electron chi connectivity index (χ3n) is 1.99. The number of hydrogen-bond donors (Lipinski definition) is 0. The van der Waals surface area contributed by atoms with Crippen LogP contribution in [0.2, 0.25) is 0 Å². The first-order valence-corrected chi connectivity index (χ1v) is 8.61. The Morgan fingerprint density at radius 1 is 1.12 bits per heavy atom. The summed E-state index contributed by atoms with van der Waals surface area (Å²) in [7, 11) is 0. The molecule has 0 radical (unpaired) electrons. The Morgan fingerprint density at radius 2 is 1.67 bits per heavy atom. The number of alkyl halides is 1. The Hall–Kier alpha value is 1.74. The van der Waals surface area contributed by atoms with Crippen LogP contribution in [-0.4, -0.2) is 20.4 Å². The largest absolute Gasteiger partial charge is 1.00 e. The zero-order chi connectivity index (χ0) is 16.4. The summed E-state index contributed by atoms with van der Waals surface area (Å²) in [5, 5.41) is 26.3. The molecule has 24 heavy (non-hydrogen) atoms. The molecule has 0 fully saturated rings. The van der Waals surface area contributed by atoms with Crippen LogP contribution in [0.25, 0.3) is 0 Å². The topological polar surface area (TPSA) is 135 Å². The Morgan fingerprint density at radius 3 is 2.12 bits per heavy atom. The third-order valence-corrected chi connectivity index (χ3v) is 3.80. The van der Waals surface area contributed by atoms with Gasteiger partial charge < -0.3 is 15.3 Å². The minimum atomic E-state index is -0.477. The Balaban J connectivity index is 0. The minimum Gasteiger partial charge on any atom is -0.691 e. The molecule has 1 aromatic heterocycles. The second-order valence-corrected chi connectivity index (χ2v) is 5.75. The van der Waals surface area contributed by atoms with Gasteiger partial charge in [-0.1, -0.05) is 29.5 Å². The molecule has 0 unspecified atom stereocenters. The van der Waals surface area contributed by atoms with Crippen LogP contribution in [0.3, 0.4) is 0 Å². The summed E-state index contributed by atoms with van der Waals surface area (Å²) in [6.07, 6.45) is 0.604. The fourth-order valence-corrected chi connectivity index (χ4v) is 2.50. The summed E-state index contributed by atoms with van der Waals surface area (Å²) in [6.45, 7) is 1.77. The van der Waals surface area contributed by atoms with Gasteiger partial charge in [0.25, 0.3) is 0 Å². The van der Waals surface area contributed by atoms with Gasteiger partial charge in [-0.2, -0.15) is 13.7 Å². The summed E-state index contributed by atoms with van der Waals surface area (Å²) in [6, 6.07) is 0. The number of halogens is 1. The zero-order valence-electron chi connectivity index (χ0n) is 13.0. The van der Waals surface area contributed by atoms with Crippen LogP contribution >= 0.6 is 46.7 Å². The van der Waals surface area contributed by atoms with Crippen molar-refractivity contribution in [2.75, 3.05) is 4.43 Å². The third kappa shape index (κ3) is 10.2. The molecule has 0 aliphatic carbocycles. The Labute approximate surface area is 203 Å². The molecule has 0 atom stereocenters. The summed E-state index contributed by atoms with van der Waals surface area (Å²) >= 11 is 2.90. The fraction of sp³-hybridized carbons (Fsp3) is 0.444. The van der Waals surface area contributed by atoms with Crippen LogP contribution in [0, 0.1) is 0 Å². The van der Waals surface area contributed by atoms with Gasteiger partial charge in [0.2, 0.25) is 5.88 Å². The van der Waals surface area contributed by atoms with Gasteiger partial charge in [0.15, 0.2) is 10.1 Å². The maximum Gasteiger partial charge on any atom is 1.00 e. The molecule has 0 aromatic carbocycles. The van der Waals surface area contributed by atoms with Gasteiger partial charge in [0.05, 0.1) is 30.5 Å². The van der Waals surface area contributed by atoms with E-state index in [9.17, 15) is 15.3 Å². The van der Waals surface area contributed by atoms with Crippen molar-refractivity contribution in [3.63, 3.8) is 0 Å². The summed E-state index contributed by atoms with van der Waals surface area (Å²) < 4.78 is 14.0. The SMILES string of the molecule is CCc1nc(SOO[O-])c(SOO[O-])nc1OC(=O)CCI.[Na+].[Na+]. The van der Waals surface area contributed by atoms with Crippen LogP contribution in [0.15, 0.2) is 10.1 Å². The average molecular weight is 510 g/mol. The van der Waals surface area contributed by atoms with Gasteiger partial charge in [0, 0.05) is 4.43 Å². The van der Waals surface area contributed by atoms with Crippen molar-refractivity contribution in [3.8, 4) is 5.88 Å². The molecule has 0 aliphatic rings. The van der Waals surface area contributed by atoms with E-state index >= 15 is 0 Å². The fourth-order valence-electron chi connectivity index (χ4n) is 1.17. The number of rotatable bonds is 10. The van der Waals surface area contributed by atoms with Crippen molar-refractivity contribution >= 4 is 52.6 Å². The number of carbonyl (C=O) groups excluding carboxylic acids is 1. The van der Waals surface area contributed by atoms with Gasteiger partial charge in [-0.05, 0) is 6.42 Å². The van der Waals surface area contributed by atoms with E-state index in [0.29, 0.717) is 40.6 Å². The molecule has 0 bridgehead atoms. The van der Waals surface area contributed by atoms with E-state index in [1.165, 1.54) is 0 Å². The minimum absolute atomic E-state index is 0. The summed E-state index contributed by atoms with van der Waals surface area (Å²) in [5.74, 6) is -0.503. The quantitative estimate of drug-likeness (QED) is 0.0565. The normalized spacial score (nSPS) is 9.83. The standard InChI is InChI=1S/C9H11IN2O8S2.2Na/c1-2-5-7(16-6(13)3-4-10)12-9(22-20-18-15)8(11-5)21-19-17-14;;/h14-15H,2-4H2,1H3;;/q;2*+1/p-2. The second-order valence-electron chi connectivity index (χ2n) is 3.29. The molecular weight excluding hydrogens is 501 g/mol. The van der Waals surface area contributed by atoms with Crippen molar-refractivity contribution in [2.24, 2.45) is 0 Å². The van der Waals surface area contributed by atoms with E-state index in [1.807, 2.05) is 22.6 Å². The predicted molar refractivity (Wildman–Crippen MR) is 76.6 cm³/mol. The Kier molecular flexibility index (Phi) is 19.7. The number of aryl methyl sites for hydroxylation is 1. The van der Waals surface area contributed by atoms with Crippen molar-refractivity contribution in [1.29, 1.82) is 0 Å². The van der Waals surface area contributed by atoms with E-state index in [-0.39, 0.29) is 81.5 Å². The first-order chi connectivity index (χ1) is 10.7. The smallest absolute Gasteiger partial charge is 0.691 e. The second kappa shape index (κ2) is 16.9. The van der Waals surface area contributed by atoms with Crippen LogP contribution < -0.4 is 74.4 Å². The van der Waals surface area contributed by atoms with E-state index < -0.39 is 5.97 Å². The number of nitrogens with zero attached hydrogens (tertiary/aromatic N) is 2. The first kappa shape index (κ1) is 28.0. The van der Waals surface area contributed by atoms with Gasteiger partial charge >= 0.3 is 65.1 Å². The van der Waals surface area contributed by atoms with Crippen LogP contribution in [0.5, 0.6) is 5.88 Å². The first-order valence-electron chi connectivity index (χ1n) is 5.60. The Bertz CT molecular complexity index is 505. The summed E-state index contributed by atoms with van der Waals surface area (Å²) in [4.78, 5) is 19.7. The molecule has 0 spiro atoms. The number of carbonyl (C=O) groups is 1. The molecular formula is C9H9IN2Na2O8S2. The molecule has 15 heteroatoms. The maximum atomic E-state index is 11.6.